The number of nitrogens with zero attached hydrogens (tertiary/aromatic N) is 1. The molecule has 0 N–H and O–H groups in total. The Morgan fingerprint density at radius 2 is 1.32 bits per heavy atom. The van der Waals surface area contributed by atoms with Crippen LogP contribution in [0, 0.1) is 0 Å². The maximum atomic E-state index is 12.5. The Bertz CT molecular complexity index is 619. The third-order valence-electron chi connectivity index (χ3n) is 2.61. The van der Waals surface area contributed by atoms with Gasteiger partial charge < -0.3 is 0 Å². The molecule has 0 radical (unpaired) electrons. The number of pyridine rings is 1. The molecule has 0 aliphatic heterocycles. The van der Waals surface area contributed by atoms with E-state index in [0.29, 0.717) is 0 Å². The maximum absolute atomic E-state index is 12.5. The zero-order valence-corrected chi connectivity index (χ0v) is 9.56. The zero-order valence-electron chi connectivity index (χ0n) is 9.56. The van der Waals surface area contributed by atoms with E-state index in [2.05, 4.69) is 0 Å². The van der Waals surface area contributed by atoms with Gasteiger partial charge in [0.15, 0.2) is 0 Å². The van der Waals surface area contributed by atoms with Gasteiger partial charge in [-0.15, -0.1) is 0 Å². The van der Waals surface area contributed by atoms with E-state index in [0.717, 1.165) is 35.0 Å². The van der Waals surface area contributed by atoms with Gasteiger partial charge in [-0.05, 0) is 18.2 Å². The van der Waals surface area contributed by atoms with Crippen LogP contribution in [0.4, 0.5) is 17.6 Å². The summed E-state index contributed by atoms with van der Waals surface area (Å²) in [5.41, 5.74) is -0.745. The average molecular weight is 271 g/mol. The molecule has 0 spiro atoms. The predicted molar refractivity (Wildman–Crippen MR) is 62.0 cm³/mol. The fraction of sp³-hybridized carbons (Fsp3) is 0.154. The van der Waals surface area contributed by atoms with Crippen LogP contribution in [0.1, 0.15) is 24.0 Å². The second-order valence-electron chi connectivity index (χ2n) is 3.86. The van der Waals surface area contributed by atoms with E-state index in [1.54, 1.807) is 0 Å². The van der Waals surface area contributed by atoms with E-state index in [1.807, 2.05) is 0 Å². The molecule has 100 valence electrons. The summed E-state index contributed by atoms with van der Waals surface area (Å²) in [5, 5.41) is 0. The second-order valence-corrected chi connectivity index (χ2v) is 3.86. The highest BCUT2D eigenvalue weighted by Gasteiger charge is 2.10. The van der Waals surface area contributed by atoms with Gasteiger partial charge in [0.25, 0.3) is 18.4 Å². The predicted octanol–water partition coefficient (Wildman–Crippen LogP) is 3.71. The molecule has 0 fully saturated rings. The summed E-state index contributed by atoms with van der Waals surface area (Å²) in [5.74, 6) is 0. The van der Waals surface area contributed by atoms with E-state index in [1.165, 1.54) is 12.1 Å². The van der Waals surface area contributed by atoms with Gasteiger partial charge in [-0.1, -0.05) is 12.1 Å². The van der Waals surface area contributed by atoms with Crippen LogP contribution in [0.5, 0.6) is 0 Å². The van der Waals surface area contributed by atoms with Crippen LogP contribution in [-0.2, 0) is 0 Å². The summed E-state index contributed by atoms with van der Waals surface area (Å²) in [4.78, 5) is 11.6. The Labute approximate surface area is 105 Å². The standard InChI is InChI=1S/C13H9F4NO/c14-12(15)8-1-4-10(5-2-8)18-7-9(13(16)17)3-6-11(18)19/h1-7,12-13H. The first-order chi connectivity index (χ1) is 8.99. The molecule has 0 atom stereocenters. The molecule has 0 unspecified atom stereocenters. The number of alkyl halides is 4. The zero-order chi connectivity index (χ0) is 14.0. The fourth-order valence-electron chi connectivity index (χ4n) is 1.61. The van der Waals surface area contributed by atoms with Crippen molar-refractivity contribution < 1.29 is 17.6 Å². The SMILES string of the molecule is O=c1ccc(C(F)F)cn1-c1ccc(C(F)F)cc1. The quantitative estimate of drug-likeness (QED) is 0.780. The third kappa shape index (κ3) is 2.83. The summed E-state index contributed by atoms with van der Waals surface area (Å²) in [6.45, 7) is 0. The lowest BCUT2D eigenvalue weighted by Gasteiger charge is -2.08. The van der Waals surface area contributed by atoms with Crippen LogP contribution >= 0.6 is 0 Å². The van der Waals surface area contributed by atoms with Crippen molar-refractivity contribution in [2.75, 3.05) is 0 Å². The molecule has 0 amide bonds. The van der Waals surface area contributed by atoms with E-state index >= 15 is 0 Å². The van der Waals surface area contributed by atoms with E-state index in [-0.39, 0.29) is 16.8 Å². The summed E-state index contributed by atoms with van der Waals surface area (Å²) in [6, 6.07) is 6.94. The van der Waals surface area contributed by atoms with E-state index < -0.39 is 18.4 Å². The Morgan fingerprint density at radius 3 is 1.84 bits per heavy atom. The first kappa shape index (κ1) is 13.3. The van der Waals surface area contributed by atoms with Crippen molar-refractivity contribution in [3.05, 3.63) is 64.1 Å². The van der Waals surface area contributed by atoms with Gasteiger partial charge in [0.1, 0.15) is 0 Å². The topological polar surface area (TPSA) is 22.0 Å². The molecule has 1 aromatic heterocycles. The minimum Gasteiger partial charge on any atom is -0.284 e. The van der Waals surface area contributed by atoms with E-state index in [4.69, 9.17) is 0 Å². The Kier molecular flexibility index (Phi) is 3.69. The Morgan fingerprint density at radius 1 is 0.789 bits per heavy atom. The molecule has 1 heterocycles. The second kappa shape index (κ2) is 5.26. The largest absolute Gasteiger partial charge is 0.284 e. The molecular weight excluding hydrogens is 262 g/mol. The van der Waals surface area contributed by atoms with Crippen LogP contribution in [0.2, 0.25) is 0 Å². The average Bonchev–Trinajstić information content (AvgIpc) is 2.39. The first-order valence-corrected chi connectivity index (χ1v) is 5.38. The summed E-state index contributed by atoms with van der Waals surface area (Å²) < 4.78 is 50.9. The van der Waals surface area contributed by atoms with Gasteiger partial charge in [-0.25, -0.2) is 17.6 Å². The highest BCUT2D eigenvalue weighted by atomic mass is 19.3. The lowest BCUT2D eigenvalue weighted by atomic mass is 10.2. The molecule has 6 heteroatoms. The summed E-state index contributed by atoms with van der Waals surface area (Å²) in [7, 11) is 0. The van der Waals surface area contributed by atoms with Gasteiger partial charge in [-0.3, -0.25) is 9.36 Å². The molecular formula is C13H9F4NO. The summed E-state index contributed by atoms with van der Waals surface area (Å²) in [6.07, 6.45) is -4.31. The van der Waals surface area contributed by atoms with Crippen LogP contribution in [0.15, 0.2) is 47.4 Å². The number of halogens is 4. The molecule has 19 heavy (non-hydrogen) atoms. The van der Waals surface area contributed by atoms with Gasteiger partial charge in [0.05, 0.1) is 0 Å². The molecule has 2 nitrogen and oxygen atoms in total. The molecule has 1 aromatic carbocycles. The van der Waals surface area contributed by atoms with Crippen molar-refractivity contribution in [2.24, 2.45) is 0 Å². The molecule has 2 aromatic rings. The van der Waals surface area contributed by atoms with Crippen molar-refractivity contribution in [2.45, 2.75) is 12.9 Å². The molecule has 0 saturated carbocycles. The maximum Gasteiger partial charge on any atom is 0.265 e. The monoisotopic (exact) mass is 271 g/mol. The third-order valence-corrected chi connectivity index (χ3v) is 2.61. The van der Waals surface area contributed by atoms with Gasteiger partial charge in [0, 0.05) is 29.1 Å². The van der Waals surface area contributed by atoms with Gasteiger partial charge >= 0.3 is 0 Å². The molecule has 0 bridgehead atoms. The normalized spacial score (nSPS) is 11.3. The highest BCUT2D eigenvalue weighted by Crippen LogP contribution is 2.21. The van der Waals surface area contributed by atoms with Crippen LogP contribution in [0.3, 0.4) is 0 Å². The lowest BCUT2D eigenvalue weighted by Crippen LogP contribution is -2.17. The van der Waals surface area contributed by atoms with Crippen molar-refractivity contribution in [3.8, 4) is 5.69 Å². The number of benzene rings is 1. The van der Waals surface area contributed by atoms with Gasteiger partial charge in [-0.2, -0.15) is 0 Å². The molecule has 0 aliphatic carbocycles. The summed E-state index contributed by atoms with van der Waals surface area (Å²) >= 11 is 0. The van der Waals surface area contributed by atoms with Crippen molar-refractivity contribution in [3.63, 3.8) is 0 Å². The Balaban J connectivity index is 2.46. The number of aromatic nitrogens is 1. The first-order valence-electron chi connectivity index (χ1n) is 5.38. The van der Waals surface area contributed by atoms with Crippen LogP contribution < -0.4 is 5.56 Å². The number of hydrogen-bond donors (Lipinski definition) is 0. The van der Waals surface area contributed by atoms with E-state index in [9.17, 15) is 22.4 Å². The minimum absolute atomic E-state index is 0.193. The molecule has 0 aliphatic rings. The van der Waals surface area contributed by atoms with Crippen molar-refractivity contribution in [1.82, 2.24) is 4.57 Å². The smallest absolute Gasteiger partial charge is 0.265 e. The molecule has 0 saturated heterocycles. The van der Waals surface area contributed by atoms with Crippen molar-refractivity contribution in [1.29, 1.82) is 0 Å². The van der Waals surface area contributed by atoms with Crippen LogP contribution in [-0.4, -0.2) is 4.57 Å². The Hall–Kier alpha value is -2.11. The van der Waals surface area contributed by atoms with Crippen LogP contribution in [0.25, 0.3) is 5.69 Å². The number of hydrogen-bond acceptors (Lipinski definition) is 1. The van der Waals surface area contributed by atoms with Gasteiger partial charge in [0.2, 0.25) is 0 Å². The fourth-order valence-corrected chi connectivity index (χ4v) is 1.61. The highest BCUT2D eigenvalue weighted by molar-refractivity contribution is 5.36. The van der Waals surface area contributed by atoms with Crippen molar-refractivity contribution >= 4 is 0 Å². The number of rotatable bonds is 3. The molecule has 2 rings (SSSR count). The lowest BCUT2D eigenvalue weighted by molar-refractivity contribution is 0.150. The minimum atomic E-state index is -2.70.